The SMILES string of the molecule is COCCN1CC2(C1)CN(c1nc(C3CC3)cc3cnc(NC4CCN(S(=O)(=O)CC5CCC5)CC4)nc13)C2. The molecule has 212 valence electrons. The molecular formula is C28H41N7O3S. The van der Waals surface area contributed by atoms with E-state index in [9.17, 15) is 8.42 Å². The number of ether oxygens (including phenoxy) is 1. The molecule has 7 rings (SSSR count). The Kier molecular flexibility index (Phi) is 6.68. The number of methoxy groups -OCH3 is 1. The molecule has 2 aromatic heterocycles. The topological polar surface area (TPSA) is 104 Å². The Bertz CT molecular complexity index is 1310. The van der Waals surface area contributed by atoms with E-state index in [4.69, 9.17) is 14.7 Å². The lowest BCUT2D eigenvalue weighted by Gasteiger charge is -2.60. The van der Waals surface area contributed by atoms with E-state index < -0.39 is 10.0 Å². The van der Waals surface area contributed by atoms with Gasteiger partial charge in [-0.05, 0) is 50.5 Å². The number of piperidine rings is 1. The molecule has 0 atom stereocenters. The first kappa shape index (κ1) is 25.9. The minimum Gasteiger partial charge on any atom is -0.383 e. The van der Waals surface area contributed by atoms with E-state index >= 15 is 0 Å². The maximum Gasteiger partial charge on any atom is 0.223 e. The average molecular weight is 556 g/mol. The summed E-state index contributed by atoms with van der Waals surface area (Å²) in [6.07, 6.45) is 9.18. The molecule has 0 bridgehead atoms. The molecule has 1 N–H and O–H groups in total. The van der Waals surface area contributed by atoms with Crippen molar-refractivity contribution in [1.29, 1.82) is 0 Å². The van der Waals surface area contributed by atoms with Gasteiger partial charge in [-0.25, -0.2) is 27.7 Å². The summed E-state index contributed by atoms with van der Waals surface area (Å²) in [7, 11) is -1.39. The third-order valence-electron chi connectivity index (χ3n) is 9.50. The van der Waals surface area contributed by atoms with Crippen LogP contribution in [0.4, 0.5) is 11.8 Å². The van der Waals surface area contributed by atoms with E-state index in [1.165, 1.54) is 25.0 Å². The van der Waals surface area contributed by atoms with Crippen LogP contribution >= 0.6 is 0 Å². The highest BCUT2D eigenvalue weighted by atomic mass is 32.2. The van der Waals surface area contributed by atoms with Crippen LogP contribution in [-0.2, 0) is 14.8 Å². The van der Waals surface area contributed by atoms with Crippen LogP contribution in [0.5, 0.6) is 0 Å². The summed E-state index contributed by atoms with van der Waals surface area (Å²) in [5, 5.41) is 4.57. The molecule has 39 heavy (non-hydrogen) atoms. The molecule has 2 saturated carbocycles. The predicted molar refractivity (Wildman–Crippen MR) is 152 cm³/mol. The zero-order chi connectivity index (χ0) is 26.6. The Morgan fingerprint density at radius 3 is 2.49 bits per heavy atom. The number of sulfonamides is 1. The van der Waals surface area contributed by atoms with Crippen LogP contribution in [-0.4, -0.2) is 104 Å². The molecule has 3 saturated heterocycles. The third kappa shape index (κ3) is 5.23. The van der Waals surface area contributed by atoms with Crippen molar-refractivity contribution in [3.8, 4) is 0 Å². The highest BCUT2D eigenvalue weighted by Gasteiger charge is 2.52. The molecule has 5 fully saturated rings. The van der Waals surface area contributed by atoms with Crippen LogP contribution in [0, 0.1) is 11.3 Å². The lowest BCUT2D eigenvalue weighted by atomic mass is 9.73. The molecule has 5 heterocycles. The first-order valence-corrected chi connectivity index (χ1v) is 16.4. The van der Waals surface area contributed by atoms with Crippen molar-refractivity contribution < 1.29 is 13.2 Å². The highest BCUT2D eigenvalue weighted by Crippen LogP contribution is 2.45. The zero-order valence-electron chi connectivity index (χ0n) is 23.0. The fraction of sp³-hybridized carbons (Fsp3) is 0.750. The smallest absolute Gasteiger partial charge is 0.223 e. The fourth-order valence-electron chi connectivity index (χ4n) is 6.84. The molecule has 0 unspecified atom stereocenters. The van der Waals surface area contributed by atoms with E-state index in [-0.39, 0.29) is 6.04 Å². The maximum absolute atomic E-state index is 12.8. The Morgan fingerprint density at radius 2 is 1.82 bits per heavy atom. The molecule has 0 aromatic carbocycles. The van der Waals surface area contributed by atoms with Crippen molar-refractivity contribution in [2.75, 3.05) is 75.5 Å². The molecule has 10 nitrogen and oxygen atoms in total. The van der Waals surface area contributed by atoms with Crippen molar-refractivity contribution >= 4 is 32.7 Å². The van der Waals surface area contributed by atoms with Gasteiger partial charge in [0.25, 0.3) is 0 Å². The number of fused-ring (bicyclic) bond motifs is 1. The number of nitrogens with zero attached hydrogens (tertiary/aromatic N) is 6. The summed E-state index contributed by atoms with van der Waals surface area (Å²) in [6.45, 7) is 7.22. The predicted octanol–water partition coefficient (Wildman–Crippen LogP) is 2.68. The van der Waals surface area contributed by atoms with Crippen molar-refractivity contribution in [1.82, 2.24) is 24.2 Å². The molecule has 2 aromatic rings. The molecule has 11 heteroatoms. The van der Waals surface area contributed by atoms with Crippen molar-refractivity contribution in [2.45, 2.75) is 56.9 Å². The largest absolute Gasteiger partial charge is 0.383 e. The van der Waals surface area contributed by atoms with E-state index in [1.807, 2.05) is 6.20 Å². The number of nitrogens with one attached hydrogen (secondary N) is 1. The van der Waals surface area contributed by atoms with Gasteiger partial charge in [0.05, 0.1) is 12.4 Å². The normalized spacial score (nSPS) is 24.5. The lowest BCUT2D eigenvalue weighted by molar-refractivity contribution is -0.0329. The fourth-order valence-corrected chi connectivity index (χ4v) is 8.75. The lowest BCUT2D eigenvalue weighted by Crippen LogP contribution is -2.72. The van der Waals surface area contributed by atoms with E-state index in [0.29, 0.717) is 42.0 Å². The maximum atomic E-state index is 12.8. The number of likely N-dealkylation sites (tertiary alicyclic amines) is 1. The van der Waals surface area contributed by atoms with Gasteiger partial charge in [-0.15, -0.1) is 0 Å². The Hall–Kier alpha value is -2.08. The molecule has 2 aliphatic carbocycles. The number of hydrogen-bond donors (Lipinski definition) is 1. The van der Waals surface area contributed by atoms with Gasteiger partial charge < -0.3 is 15.0 Å². The number of anilines is 2. The number of rotatable bonds is 10. The summed E-state index contributed by atoms with van der Waals surface area (Å²) in [6, 6.07) is 2.34. The van der Waals surface area contributed by atoms with Crippen LogP contribution < -0.4 is 10.2 Å². The van der Waals surface area contributed by atoms with Gasteiger partial charge in [0.1, 0.15) is 5.52 Å². The summed E-state index contributed by atoms with van der Waals surface area (Å²) >= 11 is 0. The van der Waals surface area contributed by atoms with Crippen molar-refractivity contribution in [3.63, 3.8) is 0 Å². The number of pyridine rings is 1. The molecule has 0 radical (unpaired) electrons. The zero-order valence-corrected chi connectivity index (χ0v) is 23.8. The molecule has 0 amide bonds. The second-order valence-corrected chi connectivity index (χ2v) is 14.7. The monoisotopic (exact) mass is 555 g/mol. The Morgan fingerprint density at radius 1 is 1.05 bits per heavy atom. The van der Waals surface area contributed by atoms with Gasteiger partial charge in [-0.1, -0.05) is 6.42 Å². The number of hydrogen-bond acceptors (Lipinski definition) is 9. The standard InChI is InChI=1S/C28H41N7O3S/c1-38-12-11-33-16-28(17-33)18-34(19-28)26-25-22(13-24(31-26)21-5-6-21)14-29-27(32-25)30-23-7-9-35(10-8-23)39(36,37)15-20-3-2-4-20/h13-14,20-21,23H,2-12,15-19H2,1H3,(H,29,30,32). The first-order valence-electron chi connectivity index (χ1n) is 14.8. The Balaban J connectivity index is 1.03. The molecule has 1 spiro atoms. The quantitative estimate of drug-likeness (QED) is 0.474. The third-order valence-corrected chi connectivity index (χ3v) is 11.5. The van der Waals surface area contributed by atoms with E-state index in [1.54, 1.807) is 11.4 Å². The van der Waals surface area contributed by atoms with E-state index in [2.05, 4.69) is 26.2 Å². The van der Waals surface area contributed by atoms with Gasteiger partial charge >= 0.3 is 0 Å². The van der Waals surface area contributed by atoms with Gasteiger partial charge in [0, 0.05) is 87.6 Å². The number of aromatic nitrogens is 3. The molecular weight excluding hydrogens is 514 g/mol. The van der Waals surface area contributed by atoms with Crippen molar-refractivity contribution in [2.24, 2.45) is 11.3 Å². The van der Waals surface area contributed by atoms with E-state index in [0.717, 1.165) is 81.7 Å². The van der Waals surface area contributed by atoms with Gasteiger partial charge in [-0.2, -0.15) is 0 Å². The Labute approximate surface area is 231 Å². The highest BCUT2D eigenvalue weighted by molar-refractivity contribution is 7.89. The molecule has 3 aliphatic heterocycles. The van der Waals surface area contributed by atoms with Crippen LogP contribution in [0.2, 0.25) is 0 Å². The van der Waals surface area contributed by atoms with Crippen LogP contribution in [0.25, 0.3) is 10.9 Å². The summed E-state index contributed by atoms with van der Waals surface area (Å²) in [4.78, 5) is 19.7. The molecule has 5 aliphatic rings. The average Bonchev–Trinajstić information content (AvgIpc) is 3.70. The minimum absolute atomic E-state index is 0.167. The van der Waals surface area contributed by atoms with Crippen LogP contribution in [0.15, 0.2) is 12.3 Å². The van der Waals surface area contributed by atoms with Gasteiger partial charge in [0.2, 0.25) is 16.0 Å². The second-order valence-electron chi connectivity index (χ2n) is 12.7. The summed E-state index contributed by atoms with van der Waals surface area (Å²) in [5.41, 5.74) is 2.47. The summed E-state index contributed by atoms with van der Waals surface area (Å²) < 4.78 is 32.6. The van der Waals surface area contributed by atoms with Crippen molar-refractivity contribution in [3.05, 3.63) is 18.0 Å². The van der Waals surface area contributed by atoms with Gasteiger partial charge in [0.15, 0.2) is 5.82 Å². The second kappa shape index (κ2) is 10.1. The van der Waals surface area contributed by atoms with Gasteiger partial charge in [-0.3, -0.25) is 4.90 Å². The van der Waals surface area contributed by atoms with Crippen LogP contribution in [0.3, 0.4) is 0 Å². The van der Waals surface area contributed by atoms with Crippen LogP contribution in [0.1, 0.15) is 56.6 Å². The first-order chi connectivity index (χ1) is 18.9. The summed E-state index contributed by atoms with van der Waals surface area (Å²) in [5.74, 6) is 2.86. The minimum atomic E-state index is -3.15.